The number of hydrogen-bond acceptors (Lipinski definition) is 0. The second-order valence-electron chi connectivity index (χ2n) is 11.2. The molecule has 0 aromatic heterocycles. The summed E-state index contributed by atoms with van der Waals surface area (Å²) in [6.45, 7) is 10.1. The number of allylic oxidation sites excluding steroid dienone is 16. The third kappa shape index (κ3) is 5.71. The minimum absolute atomic E-state index is 0. The van der Waals surface area contributed by atoms with Crippen LogP contribution in [-0.4, -0.2) is 5.43 Å². The van der Waals surface area contributed by atoms with Crippen molar-refractivity contribution in [2.24, 2.45) is 0 Å². The van der Waals surface area contributed by atoms with E-state index in [1.807, 2.05) is 0 Å². The zero-order valence-electron chi connectivity index (χ0n) is 23.6. The molecular weight excluding hydrogens is 623 g/mol. The molecule has 4 unspecified atom stereocenters. The van der Waals surface area contributed by atoms with Gasteiger partial charge in [0, 0.05) is 0 Å². The molecule has 0 nitrogen and oxygen atoms in total. The Labute approximate surface area is 260 Å². The Hall–Kier alpha value is -1.96. The van der Waals surface area contributed by atoms with Gasteiger partial charge in [0.15, 0.2) is 0 Å². The van der Waals surface area contributed by atoms with Gasteiger partial charge in [-0.1, -0.05) is 0 Å². The Morgan fingerprint density at radius 3 is 1.32 bits per heavy atom. The van der Waals surface area contributed by atoms with Crippen LogP contribution < -0.4 is 24.8 Å². The number of hydrogen-bond donors (Lipinski definition) is 0. The largest absolute Gasteiger partial charge is 1.00 e. The molecule has 0 saturated heterocycles. The summed E-state index contributed by atoms with van der Waals surface area (Å²) in [5, 5.41) is 0. The molecule has 2 aromatic rings. The maximum Gasteiger partial charge on any atom is -1.00 e. The van der Waals surface area contributed by atoms with Gasteiger partial charge in [-0.2, -0.15) is 0 Å². The van der Waals surface area contributed by atoms with E-state index < -0.39 is 25.8 Å². The zero-order chi connectivity index (χ0) is 26.2. The smallest absolute Gasteiger partial charge is 1.00 e. The van der Waals surface area contributed by atoms with Crippen LogP contribution in [0, 0.1) is 0 Å². The van der Waals surface area contributed by atoms with Crippen LogP contribution in [0.5, 0.6) is 0 Å². The fourth-order valence-corrected chi connectivity index (χ4v) is 27.7. The molecule has 0 amide bonds. The van der Waals surface area contributed by atoms with Gasteiger partial charge in [0.25, 0.3) is 0 Å². The average molecular weight is 659 g/mol. The predicted octanol–water partition coefficient (Wildman–Crippen LogP) is 3.77. The van der Waals surface area contributed by atoms with Gasteiger partial charge in [-0.3, -0.25) is 0 Å². The van der Waals surface area contributed by atoms with Crippen LogP contribution in [0.25, 0.3) is 0 Å². The topological polar surface area (TPSA) is 0 Å². The molecule has 0 heterocycles. The van der Waals surface area contributed by atoms with Crippen molar-refractivity contribution in [3.05, 3.63) is 166 Å². The maximum absolute atomic E-state index is 2.62. The van der Waals surface area contributed by atoms with Crippen molar-refractivity contribution in [3.63, 3.8) is 0 Å². The van der Waals surface area contributed by atoms with E-state index in [9.17, 15) is 0 Å². The van der Waals surface area contributed by atoms with E-state index >= 15 is 0 Å². The molecule has 0 spiro atoms. The van der Waals surface area contributed by atoms with Crippen LogP contribution in [-0.2, 0) is 20.4 Å². The van der Waals surface area contributed by atoms with Gasteiger partial charge < -0.3 is 24.8 Å². The average Bonchev–Trinajstić information content (AvgIpc) is 3.21. The number of benzene rings is 2. The SMILES string of the molecule is CC1=CC2=C(C=CC=CC2c2ccccc2)[CH]1[Zr+2]([CH]1C(C)=CC2=C1C=CC=CC2c1ccccc1)=[Si](C)C.[Cl-].[Cl-]. The first-order valence-electron chi connectivity index (χ1n) is 13.9. The van der Waals surface area contributed by atoms with Gasteiger partial charge >= 0.3 is 238 Å². The molecule has 6 rings (SSSR count). The minimum Gasteiger partial charge on any atom is -1.00 e. The summed E-state index contributed by atoms with van der Waals surface area (Å²) < 4.78 is 1.30. The second-order valence-corrected chi connectivity index (χ2v) is 29.1. The van der Waals surface area contributed by atoms with Crippen molar-refractivity contribution >= 4 is 5.43 Å². The third-order valence-corrected chi connectivity index (χ3v) is 28.4. The first kappa shape index (κ1) is 31.0. The molecule has 2 aromatic carbocycles. The van der Waals surface area contributed by atoms with Crippen molar-refractivity contribution in [2.45, 2.75) is 46.0 Å². The van der Waals surface area contributed by atoms with Gasteiger partial charge in [-0.15, -0.1) is 0 Å². The molecule has 40 heavy (non-hydrogen) atoms. The van der Waals surface area contributed by atoms with Gasteiger partial charge in [-0.25, -0.2) is 0 Å². The Morgan fingerprint density at radius 2 is 0.950 bits per heavy atom. The van der Waals surface area contributed by atoms with Gasteiger partial charge in [0.1, 0.15) is 0 Å². The van der Waals surface area contributed by atoms with E-state index in [4.69, 9.17) is 0 Å². The van der Waals surface area contributed by atoms with E-state index in [2.05, 4.69) is 148 Å². The molecule has 0 bridgehead atoms. The Kier molecular flexibility index (Phi) is 10.3. The second kappa shape index (κ2) is 13.3. The van der Waals surface area contributed by atoms with Crippen LogP contribution in [0.3, 0.4) is 0 Å². The summed E-state index contributed by atoms with van der Waals surface area (Å²) in [4.78, 5) is 0. The van der Waals surface area contributed by atoms with Gasteiger partial charge in [0.05, 0.1) is 0 Å². The van der Waals surface area contributed by atoms with Crippen molar-refractivity contribution in [3.8, 4) is 0 Å². The van der Waals surface area contributed by atoms with Crippen LogP contribution >= 0.6 is 0 Å². The maximum atomic E-state index is 2.62. The molecule has 4 aliphatic rings. The first-order chi connectivity index (χ1) is 18.5. The zero-order valence-corrected chi connectivity index (χ0v) is 28.6. The van der Waals surface area contributed by atoms with Gasteiger partial charge in [-0.05, 0) is 0 Å². The summed E-state index contributed by atoms with van der Waals surface area (Å²) >= 11 is -2.10. The van der Waals surface area contributed by atoms with E-state index in [-0.39, 0.29) is 24.8 Å². The Bertz CT molecular complexity index is 1430. The Morgan fingerprint density at radius 1 is 0.550 bits per heavy atom. The molecule has 4 heteroatoms. The molecule has 0 saturated carbocycles. The monoisotopic (exact) mass is 656 g/mol. The molecule has 0 radical (unpaired) electrons. The summed E-state index contributed by atoms with van der Waals surface area (Å²) in [7, 11) is 0. The molecular formula is C36H36Cl2SiZr. The molecule has 202 valence electrons. The predicted molar refractivity (Wildman–Crippen MR) is 161 cm³/mol. The van der Waals surface area contributed by atoms with E-state index in [1.54, 1.807) is 33.4 Å². The quantitative estimate of drug-likeness (QED) is 0.440. The van der Waals surface area contributed by atoms with Crippen molar-refractivity contribution < 1.29 is 45.2 Å². The molecule has 0 N–H and O–H groups in total. The number of halogens is 2. The van der Waals surface area contributed by atoms with Crippen LogP contribution in [0.1, 0.15) is 36.8 Å². The fourth-order valence-electron chi connectivity index (χ4n) is 6.92. The summed E-state index contributed by atoms with van der Waals surface area (Å²) in [6.07, 6.45) is 24.0. The standard InChI is InChI=1S/2C17H15.C2H6Si.2ClH.Zr/c2*1-13-11-15-9-5-6-10-16(17(15)12-13)14-7-3-2-4-8-14;1-3-2;;;/h2*2-12,16H,1H3;1-2H3;2*1H;/q;;;;;+2/p-2. The van der Waals surface area contributed by atoms with Crippen LogP contribution in [0.4, 0.5) is 0 Å². The molecule has 4 aliphatic carbocycles. The van der Waals surface area contributed by atoms with Crippen molar-refractivity contribution in [1.29, 1.82) is 0 Å². The van der Waals surface area contributed by atoms with E-state index in [1.165, 1.54) is 11.1 Å². The first-order valence-corrected chi connectivity index (χ1v) is 22.9. The Balaban J connectivity index is 0.00000185. The normalized spacial score (nSPS) is 24.1. The summed E-state index contributed by atoms with van der Waals surface area (Å²) in [5.41, 5.74) is 11.9. The molecule has 0 aliphatic heterocycles. The minimum atomic E-state index is -2.10. The number of rotatable bonds is 4. The summed E-state index contributed by atoms with van der Waals surface area (Å²) in [6, 6.07) is 22.2. The summed E-state index contributed by atoms with van der Waals surface area (Å²) in [5.74, 6) is 0.684. The van der Waals surface area contributed by atoms with Crippen molar-refractivity contribution in [2.75, 3.05) is 0 Å². The van der Waals surface area contributed by atoms with Crippen LogP contribution in [0.15, 0.2) is 155 Å². The molecule has 0 fully saturated rings. The molecule has 4 atom stereocenters. The van der Waals surface area contributed by atoms with E-state index in [0.717, 1.165) is 0 Å². The fraction of sp³-hybridized carbons (Fsp3) is 0.222. The van der Waals surface area contributed by atoms with Gasteiger partial charge in [0.2, 0.25) is 0 Å². The third-order valence-electron chi connectivity index (χ3n) is 8.53. The van der Waals surface area contributed by atoms with Crippen molar-refractivity contribution in [1.82, 2.24) is 0 Å². The van der Waals surface area contributed by atoms with E-state index in [0.29, 0.717) is 19.1 Å². The van der Waals surface area contributed by atoms with Crippen LogP contribution in [0.2, 0.25) is 20.3 Å².